The van der Waals surface area contributed by atoms with Gasteiger partial charge in [-0.3, -0.25) is 0 Å². The summed E-state index contributed by atoms with van der Waals surface area (Å²) in [5.41, 5.74) is 0.0445. The van der Waals surface area contributed by atoms with Gasteiger partial charge in [-0.05, 0) is 20.8 Å². The van der Waals surface area contributed by atoms with Crippen LogP contribution in [0.5, 0.6) is 0 Å². The van der Waals surface area contributed by atoms with Gasteiger partial charge in [0.15, 0.2) is 0 Å². The van der Waals surface area contributed by atoms with Gasteiger partial charge in [0, 0.05) is 25.4 Å². The van der Waals surface area contributed by atoms with Crippen LogP contribution in [-0.2, 0) is 23.0 Å². The molecule has 0 aliphatic rings. The molecule has 1 rings (SSSR count). The first kappa shape index (κ1) is 15.0. The summed E-state index contributed by atoms with van der Waals surface area (Å²) < 4.78 is 6.73. The number of carbonyl (C=O) groups excluding carboxylic acids is 1. The highest BCUT2D eigenvalue weighted by Gasteiger charge is 2.24. The van der Waals surface area contributed by atoms with Crippen molar-refractivity contribution in [3.05, 3.63) is 18.2 Å². The number of aliphatic carboxylic acids is 1. The number of amides is 1. The number of nitrogens with zero attached hydrogens (tertiary/aromatic N) is 2. The van der Waals surface area contributed by atoms with Crippen LogP contribution >= 0.6 is 0 Å². The first-order valence-corrected chi connectivity index (χ1v) is 5.86. The molecule has 0 saturated carbocycles. The molecule has 1 heterocycles. The Balaban J connectivity index is 2.67. The molecule has 0 aromatic carbocycles. The van der Waals surface area contributed by atoms with Gasteiger partial charge in [0.2, 0.25) is 0 Å². The van der Waals surface area contributed by atoms with Crippen molar-refractivity contribution in [1.29, 1.82) is 0 Å². The summed E-state index contributed by atoms with van der Waals surface area (Å²) in [4.78, 5) is 26.6. The van der Waals surface area contributed by atoms with Crippen LogP contribution in [0, 0.1) is 0 Å². The maximum Gasteiger partial charge on any atom is 0.408 e. The minimum Gasteiger partial charge on any atom is -0.480 e. The fourth-order valence-corrected chi connectivity index (χ4v) is 1.44. The predicted molar refractivity (Wildman–Crippen MR) is 67.7 cm³/mol. The Morgan fingerprint density at radius 3 is 2.58 bits per heavy atom. The van der Waals surface area contributed by atoms with E-state index in [4.69, 9.17) is 9.84 Å². The third-order valence-electron chi connectivity index (χ3n) is 2.32. The molecule has 0 aliphatic heterocycles. The highest BCUT2D eigenvalue weighted by molar-refractivity contribution is 5.80. The van der Waals surface area contributed by atoms with Gasteiger partial charge in [0.1, 0.15) is 11.6 Å². The normalized spacial score (nSPS) is 12.8. The maximum atomic E-state index is 11.6. The van der Waals surface area contributed by atoms with Crippen LogP contribution in [0.1, 0.15) is 26.5 Å². The lowest BCUT2D eigenvalue weighted by atomic mass is 10.1. The lowest BCUT2D eigenvalue weighted by Crippen LogP contribution is -2.44. The molecule has 2 N–H and O–H groups in total. The number of aryl methyl sites for hydroxylation is 1. The molecule has 0 bridgehead atoms. The lowest BCUT2D eigenvalue weighted by Gasteiger charge is -2.22. The standard InChI is InChI=1S/C12H19N3O4/c1-12(2,3)19-11(18)14-9(10(16)17)5-8-6-13-7-15(8)4/h6-7,9H,5H2,1-4H3,(H,14,18)(H,16,17)/t9-/m1/s1. The van der Waals surface area contributed by atoms with E-state index in [1.165, 1.54) is 0 Å². The van der Waals surface area contributed by atoms with E-state index in [2.05, 4.69) is 10.3 Å². The van der Waals surface area contributed by atoms with E-state index in [0.29, 0.717) is 5.69 Å². The number of carboxylic acid groups (broad SMARTS) is 1. The average Bonchev–Trinajstić information content (AvgIpc) is 2.60. The molecule has 1 aromatic rings. The molecule has 0 aliphatic carbocycles. The summed E-state index contributed by atoms with van der Waals surface area (Å²) in [6.45, 7) is 5.14. The summed E-state index contributed by atoms with van der Waals surface area (Å²) in [6, 6.07) is -1.05. The fraction of sp³-hybridized carbons (Fsp3) is 0.583. The van der Waals surface area contributed by atoms with Crippen molar-refractivity contribution >= 4 is 12.1 Å². The Bertz CT molecular complexity index is 462. The molecular weight excluding hydrogens is 250 g/mol. The SMILES string of the molecule is Cn1cncc1C[C@@H](NC(=O)OC(C)(C)C)C(=O)O. The second-order valence-corrected chi connectivity index (χ2v) is 5.24. The molecule has 1 atom stereocenters. The highest BCUT2D eigenvalue weighted by Crippen LogP contribution is 2.08. The van der Waals surface area contributed by atoms with Gasteiger partial charge in [0.25, 0.3) is 0 Å². The zero-order valence-corrected chi connectivity index (χ0v) is 11.5. The van der Waals surface area contributed by atoms with E-state index >= 15 is 0 Å². The number of rotatable bonds is 4. The van der Waals surface area contributed by atoms with E-state index in [9.17, 15) is 9.59 Å². The van der Waals surface area contributed by atoms with Crippen molar-refractivity contribution in [2.24, 2.45) is 7.05 Å². The molecule has 7 nitrogen and oxygen atoms in total. The smallest absolute Gasteiger partial charge is 0.408 e. The second kappa shape index (κ2) is 5.73. The number of hydrogen-bond donors (Lipinski definition) is 2. The Labute approximate surface area is 111 Å². The van der Waals surface area contributed by atoms with Crippen molar-refractivity contribution in [2.45, 2.75) is 38.8 Å². The van der Waals surface area contributed by atoms with Crippen molar-refractivity contribution in [2.75, 3.05) is 0 Å². The largest absolute Gasteiger partial charge is 0.480 e. The van der Waals surface area contributed by atoms with Gasteiger partial charge in [0.05, 0.1) is 6.33 Å². The summed E-state index contributed by atoms with van der Waals surface area (Å²) in [6.07, 6.45) is 2.53. The topological polar surface area (TPSA) is 93.5 Å². The van der Waals surface area contributed by atoms with Crippen molar-refractivity contribution < 1.29 is 19.4 Å². The van der Waals surface area contributed by atoms with Crippen LogP contribution < -0.4 is 5.32 Å². The molecule has 0 saturated heterocycles. The third kappa shape index (κ3) is 4.99. The Morgan fingerprint density at radius 1 is 1.53 bits per heavy atom. The molecule has 7 heteroatoms. The van der Waals surface area contributed by atoms with E-state index in [-0.39, 0.29) is 6.42 Å². The first-order valence-electron chi connectivity index (χ1n) is 5.86. The number of aromatic nitrogens is 2. The highest BCUT2D eigenvalue weighted by atomic mass is 16.6. The van der Waals surface area contributed by atoms with E-state index < -0.39 is 23.7 Å². The molecular formula is C12H19N3O4. The van der Waals surface area contributed by atoms with Crippen molar-refractivity contribution in [1.82, 2.24) is 14.9 Å². The van der Waals surface area contributed by atoms with E-state index in [1.807, 2.05) is 0 Å². The number of carboxylic acids is 1. The van der Waals surface area contributed by atoms with Crippen LogP contribution in [0.3, 0.4) is 0 Å². The van der Waals surface area contributed by atoms with Gasteiger partial charge in [-0.2, -0.15) is 0 Å². The van der Waals surface area contributed by atoms with Gasteiger partial charge in [-0.15, -0.1) is 0 Å². The summed E-state index contributed by atoms with van der Waals surface area (Å²) in [5.74, 6) is -1.12. The average molecular weight is 269 g/mol. The molecule has 0 unspecified atom stereocenters. The third-order valence-corrected chi connectivity index (χ3v) is 2.32. The van der Waals surface area contributed by atoms with Crippen LogP contribution in [0.4, 0.5) is 4.79 Å². The number of carbonyl (C=O) groups is 2. The monoisotopic (exact) mass is 269 g/mol. The molecule has 1 aromatic heterocycles. The number of imidazole rings is 1. The Kier molecular flexibility index (Phi) is 4.52. The fourth-order valence-electron chi connectivity index (χ4n) is 1.44. The molecule has 0 spiro atoms. The number of hydrogen-bond acceptors (Lipinski definition) is 4. The van der Waals surface area contributed by atoms with Crippen LogP contribution in [0.2, 0.25) is 0 Å². The van der Waals surface area contributed by atoms with Crippen LogP contribution in [0.25, 0.3) is 0 Å². The number of ether oxygens (including phenoxy) is 1. The molecule has 106 valence electrons. The van der Waals surface area contributed by atoms with Crippen molar-refractivity contribution in [3.63, 3.8) is 0 Å². The summed E-state index contributed by atoms with van der Waals surface area (Å²) >= 11 is 0. The molecule has 0 radical (unpaired) electrons. The lowest BCUT2D eigenvalue weighted by molar-refractivity contribution is -0.139. The number of nitrogens with one attached hydrogen (secondary N) is 1. The number of alkyl carbamates (subject to hydrolysis) is 1. The summed E-state index contributed by atoms with van der Waals surface area (Å²) in [7, 11) is 1.76. The molecule has 19 heavy (non-hydrogen) atoms. The van der Waals surface area contributed by atoms with Gasteiger partial charge >= 0.3 is 12.1 Å². The second-order valence-electron chi connectivity index (χ2n) is 5.24. The predicted octanol–water partition coefficient (Wildman–Crippen LogP) is 0.940. The van der Waals surface area contributed by atoms with E-state index in [1.54, 1.807) is 44.9 Å². The van der Waals surface area contributed by atoms with Crippen LogP contribution in [-0.4, -0.2) is 38.4 Å². The molecule has 1 amide bonds. The van der Waals surface area contributed by atoms with Gasteiger partial charge in [-0.1, -0.05) is 0 Å². The molecule has 0 fully saturated rings. The Morgan fingerprint density at radius 2 is 2.16 bits per heavy atom. The maximum absolute atomic E-state index is 11.6. The van der Waals surface area contributed by atoms with E-state index in [0.717, 1.165) is 0 Å². The van der Waals surface area contributed by atoms with Crippen molar-refractivity contribution in [3.8, 4) is 0 Å². The van der Waals surface area contributed by atoms with Gasteiger partial charge in [-0.25, -0.2) is 14.6 Å². The van der Waals surface area contributed by atoms with Gasteiger partial charge < -0.3 is 19.7 Å². The zero-order valence-electron chi connectivity index (χ0n) is 11.5. The minimum atomic E-state index is -1.12. The minimum absolute atomic E-state index is 0.144. The van der Waals surface area contributed by atoms with Crippen LogP contribution in [0.15, 0.2) is 12.5 Å². The quantitative estimate of drug-likeness (QED) is 0.848. The zero-order chi connectivity index (χ0) is 14.6. The summed E-state index contributed by atoms with van der Waals surface area (Å²) in [5, 5.41) is 11.4. The first-order chi connectivity index (χ1) is 8.69. The Hall–Kier alpha value is -2.05.